The molecular formula is C24H46N2O4. The average molecular weight is 427 g/mol. The molecule has 0 aromatic carbocycles. The lowest BCUT2D eigenvalue weighted by atomic mass is 10.0. The number of carbonyl (C=O) groups is 2. The zero-order valence-electron chi connectivity index (χ0n) is 19.6. The van der Waals surface area contributed by atoms with E-state index >= 15 is 0 Å². The standard InChI is InChI=1S/C24H46N2O4/c1-4-5-6-7-8-9-10-11-12-13-14-15-22(27)25-21(18-19(2)3)23(28)26-20-16-17-30-24(20)29/h19-21,24,29H,4-18H2,1-3H3,(H,25,27)(H,26,28)/t20-,21-,24?/m0/s1. The maximum absolute atomic E-state index is 12.6. The van der Waals surface area contributed by atoms with E-state index in [4.69, 9.17) is 4.74 Å². The Labute approximate surface area is 183 Å². The molecule has 1 aliphatic heterocycles. The third-order valence-corrected chi connectivity index (χ3v) is 5.76. The molecule has 30 heavy (non-hydrogen) atoms. The minimum Gasteiger partial charge on any atom is -0.366 e. The van der Waals surface area contributed by atoms with Gasteiger partial charge in [-0.05, 0) is 25.2 Å². The van der Waals surface area contributed by atoms with Crippen molar-refractivity contribution in [3.8, 4) is 0 Å². The minimum absolute atomic E-state index is 0.0602. The highest BCUT2D eigenvalue weighted by atomic mass is 16.6. The zero-order chi connectivity index (χ0) is 22.2. The fraction of sp³-hybridized carbons (Fsp3) is 0.917. The van der Waals surface area contributed by atoms with Crippen molar-refractivity contribution in [2.75, 3.05) is 6.61 Å². The van der Waals surface area contributed by atoms with Gasteiger partial charge < -0.3 is 20.5 Å². The van der Waals surface area contributed by atoms with Crippen LogP contribution in [0.3, 0.4) is 0 Å². The summed E-state index contributed by atoms with van der Waals surface area (Å²) in [5.74, 6) is -0.00625. The molecule has 6 heteroatoms. The van der Waals surface area contributed by atoms with E-state index < -0.39 is 18.4 Å². The first-order valence-electron chi connectivity index (χ1n) is 12.3. The molecule has 1 saturated heterocycles. The summed E-state index contributed by atoms with van der Waals surface area (Å²) in [7, 11) is 0. The first-order chi connectivity index (χ1) is 14.4. The molecule has 6 nitrogen and oxygen atoms in total. The number of hydrogen-bond donors (Lipinski definition) is 3. The van der Waals surface area contributed by atoms with Gasteiger partial charge in [-0.3, -0.25) is 9.59 Å². The molecule has 1 heterocycles. The van der Waals surface area contributed by atoms with Crippen LogP contribution >= 0.6 is 0 Å². The van der Waals surface area contributed by atoms with Gasteiger partial charge in [-0.1, -0.05) is 85.0 Å². The van der Waals surface area contributed by atoms with Crippen molar-refractivity contribution in [2.24, 2.45) is 5.92 Å². The first-order valence-corrected chi connectivity index (χ1v) is 12.3. The van der Waals surface area contributed by atoms with Gasteiger partial charge in [-0.2, -0.15) is 0 Å². The summed E-state index contributed by atoms with van der Waals surface area (Å²) in [4.78, 5) is 24.9. The Hall–Kier alpha value is -1.14. The highest BCUT2D eigenvalue weighted by Crippen LogP contribution is 2.14. The molecule has 0 aliphatic carbocycles. The van der Waals surface area contributed by atoms with Crippen molar-refractivity contribution in [2.45, 2.75) is 129 Å². The van der Waals surface area contributed by atoms with E-state index in [1.165, 1.54) is 57.8 Å². The van der Waals surface area contributed by atoms with Gasteiger partial charge in [0.1, 0.15) is 6.04 Å². The third kappa shape index (κ3) is 12.5. The Bertz CT molecular complexity index is 470. The molecule has 1 aliphatic rings. The van der Waals surface area contributed by atoms with E-state index in [9.17, 15) is 14.7 Å². The van der Waals surface area contributed by atoms with E-state index in [-0.39, 0.29) is 17.7 Å². The highest BCUT2D eigenvalue weighted by Gasteiger charge is 2.30. The molecule has 176 valence electrons. The summed E-state index contributed by atoms with van der Waals surface area (Å²) < 4.78 is 5.08. The van der Waals surface area contributed by atoms with E-state index in [0.717, 1.165) is 12.8 Å². The molecule has 2 amide bonds. The fourth-order valence-corrected chi connectivity index (χ4v) is 3.92. The van der Waals surface area contributed by atoms with Crippen molar-refractivity contribution in [1.82, 2.24) is 10.6 Å². The quantitative estimate of drug-likeness (QED) is 0.300. The van der Waals surface area contributed by atoms with Gasteiger partial charge in [0.15, 0.2) is 6.29 Å². The van der Waals surface area contributed by atoms with E-state index in [1.54, 1.807) is 0 Å². The van der Waals surface area contributed by atoms with Crippen LogP contribution in [-0.2, 0) is 14.3 Å². The third-order valence-electron chi connectivity index (χ3n) is 5.76. The Morgan fingerprint density at radius 1 is 0.967 bits per heavy atom. The van der Waals surface area contributed by atoms with Crippen LogP contribution in [0.1, 0.15) is 111 Å². The number of ether oxygens (including phenoxy) is 1. The van der Waals surface area contributed by atoms with Gasteiger partial charge in [0.2, 0.25) is 11.8 Å². The fourth-order valence-electron chi connectivity index (χ4n) is 3.92. The van der Waals surface area contributed by atoms with Gasteiger partial charge in [-0.15, -0.1) is 0 Å². The monoisotopic (exact) mass is 426 g/mol. The molecular weight excluding hydrogens is 380 g/mol. The summed E-state index contributed by atoms with van der Waals surface area (Å²) in [6.45, 7) is 6.75. The normalized spacial score (nSPS) is 19.8. The maximum atomic E-state index is 12.6. The highest BCUT2D eigenvalue weighted by molar-refractivity contribution is 5.87. The summed E-state index contributed by atoms with van der Waals surface area (Å²) in [5.41, 5.74) is 0. The van der Waals surface area contributed by atoms with E-state index in [1.807, 2.05) is 13.8 Å². The van der Waals surface area contributed by atoms with Crippen LogP contribution in [0.15, 0.2) is 0 Å². The molecule has 0 aromatic rings. The SMILES string of the molecule is CCCCCCCCCCCCCC(=O)N[C@@H](CC(C)C)C(=O)N[C@H]1CCOC1O. The number of aliphatic hydroxyl groups is 1. The van der Waals surface area contributed by atoms with Crippen LogP contribution in [0.25, 0.3) is 0 Å². The second-order valence-corrected chi connectivity index (χ2v) is 9.20. The van der Waals surface area contributed by atoms with Gasteiger partial charge >= 0.3 is 0 Å². The smallest absolute Gasteiger partial charge is 0.242 e. The van der Waals surface area contributed by atoms with Crippen LogP contribution < -0.4 is 10.6 Å². The molecule has 3 atom stereocenters. The average Bonchev–Trinajstić information content (AvgIpc) is 3.09. The lowest BCUT2D eigenvalue weighted by Gasteiger charge is -2.23. The van der Waals surface area contributed by atoms with Crippen LogP contribution in [0.4, 0.5) is 0 Å². The van der Waals surface area contributed by atoms with Crippen LogP contribution in [0, 0.1) is 5.92 Å². The topological polar surface area (TPSA) is 87.7 Å². The van der Waals surface area contributed by atoms with E-state index in [2.05, 4.69) is 17.6 Å². The summed E-state index contributed by atoms with van der Waals surface area (Å²) in [6, 6.07) is -0.950. The summed E-state index contributed by atoms with van der Waals surface area (Å²) in [5, 5.41) is 15.4. The second kappa shape index (κ2) is 16.5. The van der Waals surface area contributed by atoms with Crippen molar-refractivity contribution >= 4 is 11.8 Å². The lowest BCUT2D eigenvalue weighted by Crippen LogP contribution is -2.51. The number of aliphatic hydroxyl groups excluding tert-OH is 1. The Morgan fingerprint density at radius 3 is 2.03 bits per heavy atom. The summed E-state index contributed by atoms with van der Waals surface area (Å²) in [6.07, 6.45) is 14.4. The number of nitrogens with one attached hydrogen (secondary N) is 2. The Kier molecular flexibility index (Phi) is 14.8. The molecule has 0 spiro atoms. The second-order valence-electron chi connectivity index (χ2n) is 9.20. The first kappa shape index (κ1) is 26.9. The maximum Gasteiger partial charge on any atom is 0.242 e. The molecule has 1 fully saturated rings. The minimum atomic E-state index is -0.958. The van der Waals surface area contributed by atoms with Gasteiger partial charge in [0, 0.05) is 6.42 Å². The molecule has 0 aromatic heterocycles. The van der Waals surface area contributed by atoms with Crippen LogP contribution in [0.5, 0.6) is 0 Å². The Balaban J connectivity index is 2.17. The molecule has 0 bridgehead atoms. The number of carbonyl (C=O) groups excluding carboxylic acids is 2. The number of unbranched alkanes of at least 4 members (excludes halogenated alkanes) is 10. The molecule has 1 unspecified atom stereocenters. The zero-order valence-corrected chi connectivity index (χ0v) is 19.6. The number of hydrogen-bond acceptors (Lipinski definition) is 4. The van der Waals surface area contributed by atoms with Gasteiger partial charge in [0.05, 0.1) is 12.6 Å². The predicted molar refractivity (Wildman–Crippen MR) is 121 cm³/mol. The lowest BCUT2D eigenvalue weighted by molar-refractivity contribution is -0.131. The van der Waals surface area contributed by atoms with Crippen LogP contribution in [-0.4, -0.2) is 41.9 Å². The van der Waals surface area contributed by atoms with Gasteiger partial charge in [-0.25, -0.2) is 0 Å². The van der Waals surface area contributed by atoms with Crippen LogP contribution in [0.2, 0.25) is 0 Å². The number of rotatable bonds is 17. The molecule has 0 saturated carbocycles. The molecule has 1 rings (SSSR count). The van der Waals surface area contributed by atoms with Crippen molar-refractivity contribution in [3.63, 3.8) is 0 Å². The molecule has 3 N–H and O–H groups in total. The number of amides is 2. The summed E-state index contributed by atoms with van der Waals surface area (Å²) >= 11 is 0. The predicted octanol–water partition coefficient (Wildman–Crippen LogP) is 4.44. The van der Waals surface area contributed by atoms with Crippen molar-refractivity contribution in [1.29, 1.82) is 0 Å². The van der Waals surface area contributed by atoms with Crippen molar-refractivity contribution in [3.05, 3.63) is 0 Å². The van der Waals surface area contributed by atoms with Crippen molar-refractivity contribution < 1.29 is 19.4 Å². The largest absolute Gasteiger partial charge is 0.366 e. The van der Waals surface area contributed by atoms with Gasteiger partial charge in [0.25, 0.3) is 0 Å². The molecule has 0 radical (unpaired) electrons. The Morgan fingerprint density at radius 2 is 1.53 bits per heavy atom. The van der Waals surface area contributed by atoms with E-state index in [0.29, 0.717) is 25.9 Å².